The van der Waals surface area contributed by atoms with Crippen molar-refractivity contribution >= 4 is 23.8 Å². The Morgan fingerprint density at radius 1 is 1.03 bits per heavy atom. The molecule has 0 radical (unpaired) electrons. The number of ether oxygens (including phenoxy) is 2. The van der Waals surface area contributed by atoms with Crippen LogP contribution in [0.15, 0.2) is 66.7 Å². The second-order valence-corrected chi connectivity index (χ2v) is 6.41. The van der Waals surface area contributed by atoms with E-state index in [9.17, 15) is 14.9 Å². The largest absolute Gasteiger partial charge is 0.497 e. The fourth-order valence-corrected chi connectivity index (χ4v) is 3.03. The minimum Gasteiger partial charge on any atom is -0.497 e. The van der Waals surface area contributed by atoms with E-state index in [1.807, 2.05) is 30.3 Å². The minimum atomic E-state index is -0.523. The van der Waals surface area contributed by atoms with Crippen LogP contribution in [0.2, 0.25) is 0 Å². The van der Waals surface area contributed by atoms with E-state index >= 15 is 0 Å². The van der Waals surface area contributed by atoms with E-state index < -0.39 is 10.9 Å². The molecule has 0 N–H and O–H groups in total. The van der Waals surface area contributed by atoms with Gasteiger partial charge in [0.15, 0.2) is 0 Å². The number of hydrogen-bond donors (Lipinski definition) is 0. The molecular weight excluding hydrogens is 382 g/mol. The third kappa shape index (κ3) is 4.72. The average molecular weight is 403 g/mol. The highest BCUT2D eigenvalue weighted by Crippen LogP contribution is 2.33. The average Bonchev–Trinajstić information content (AvgIpc) is 2.78. The Bertz CT molecular complexity index is 1070. The zero-order valence-electron chi connectivity index (χ0n) is 16.7. The van der Waals surface area contributed by atoms with Gasteiger partial charge in [-0.3, -0.25) is 10.1 Å². The van der Waals surface area contributed by atoms with Gasteiger partial charge in [0.2, 0.25) is 0 Å². The van der Waals surface area contributed by atoms with Crippen LogP contribution < -0.4 is 4.74 Å². The van der Waals surface area contributed by atoms with Crippen molar-refractivity contribution in [1.29, 1.82) is 0 Å². The van der Waals surface area contributed by atoms with E-state index in [-0.39, 0.29) is 17.9 Å². The van der Waals surface area contributed by atoms with Gasteiger partial charge in [-0.25, -0.2) is 4.79 Å². The highest BCUT2D eigenvalue weighted by Gasteiger charge is 2.22. The topological polar surface area (TPSA) is 78.7 Å². The van der Waals surface area contributed by atoms with Crippen molar-refractivity contribution in [2.24, 2.45) is 0 Å². The molecule has 0 bridgehead atoms. The number of nitro groups is 1. The molecule has 0 heterocycles. The number of benzene rings is 3. The molecule has 0 aliphatic heterocycles. The molecule has 0 atom stereocenters. The Morgan fingerprint density at radius 3 is 2.33 bits per heavy atom. The molecule has 0 saturated heterocycles. The maximum absolute atomic E-state index is 12.6. The Labute approximate surface area is 174 Å². The van der Waals surface area contributed by atoms with E-state index in [2.05, 4.69) is 0 Å². The predicted molar refractivity (Wildman–Crippen MR) is 116 cm³/mol. The molecule has 3 aromatic rings. The fraction of sp³-hybridized carbons (Fsp3) is 0.125. The lowest BCUT2D eigenvalue weighted by Crippen LogP contribution is -2.08. The summed E-state index contributed by atoms with van der Waals surface area (Å²) in [6.45, 7) is 1.93. The Balaban J connectivity index is 2.11. The predicted octanol–water partition coefficient (Wildman–Crippen LogP) is 5.62. The number of carbonyl (C=O) groups excluding carboxylic acids is 1. The molecule has 0 saturated carbocycles. The van der Waals surface area contributed by atoms with Crippen LogP contribution in [0.3, 0.4) is 0 Å². The number of carbonyl (C=O) groups is 1. The summed E-state index contributed by atoms with van der Waals surface area (Å²) < 4.78 is 10.3. The van der Waals surface area contributed by atoms with Crippen LogP contribution in [0.25, 0.3) is 23.3 Å². The first-order valence-corrected chi connectivity index (χ1v) is 9.40. The number of nitro benzene ring substituents is 1. The highest BCUT2D eigenvalue weighted by atomic mass is 16.6. The zero-order chi connectivity index (χ0) is 21.5. The molecule has 0 fully saturated rings. The van der Waals surface area contributed by atoms with E-state index in [0.29, 0.717) is 16.7 Å². The molecular formula is C24H21NO5. The third-order valence-electron chi connectivity index (χ3n) is 4.51. The Kier molecular flexibility index (Phi) is 6.60. The van der Waals surface area contributed by atoms with Crippen molar-refractivity contribution in [3.63, 3.8) is 0 Å². The summed E-state index contributed by atoms with van der Waals surface area (Å²) in [6.07, 6.45) is 3.37. The van der Waals surface area contributed by atoms with E-state index in [4.69, 9.17) is 9.47 Å². The van der Waals surface area contributed by atoms with Crippen molar-refractivity contribution in [1.82, 2.24) is 0 Å². The van der Waals surface area contributed by atoms with Gasteiger partial charge in [0, 0.05) is 11.6 Å². The SMILES string of the molecule is CCOC(=O)c1cc(/C=C/c2ccc(OC)cc2)c([N+](=O)[O-])cc1-c1ccccc1. The van der Waals surface area contributed by atoms with Crippen LogP contribution in [0.5, 0.6) is 5.75 Å². The van der Waals surface area contributed by atoms with Crippen molar-refractivity contribution in [3.05, 3.63) is 93.5 Å². The second-order valence-electron chi connectivity index (χ2n) is 6.41. The molecule has 0 amide bonds. The number of methoxy groups -OCH3 is 1. The molecule has 3 aromatic carbocycles. The van der Waals surface area contributed by atoms with Gasteiger partial charge in [0.1, 0.15) is 5.75 Å². The molecule has 6 heteroatoms. The molecule has 6 nitrogen and oxygen atoms in total. The number of hydrogen-bond acceptors (Lipinski definition) is 5. The van der Waals surface area contributed by atoms with Gasteiger partial charge in [-0.1, -0.05) is 48.5 Å². The monoisotopic (exact) mass is 403 g/mol. The van der Waals surface area contributed by atoms with Crippen LogP contribution in [0, 0.1) is 10.1 Å². The summed E-state index contributed by atoms with van der Waals surface area (Å²) in [5.41, 5.74) is 2.51. The summed E-state index contributed by atoms with van der Waals surface area (Å²) in [5, 5.41) is 11.7. The van der Waals surface area contributed by atoms with Crippen LogP contribution in [0.4, 0.5) is 5.69 Å². The van der Waals surface area contributed by atoms with Gasteiger partial charge < -0.3 is 9.47 Å². The Hall–Kier alpha value is -3.93. The number of nitrogens with zero attached hydrogens (tertiary/aromatic N) is 1. The fourth-order valence-electron chi connectivity index (χ4n) is 3.03. The molecule has 152 valence electrons. The summed E-state index contributed by atoms with van der Waals surface area (Å²) >= 11 is 0. The van der Waals surface area contributed by atoms with Gasteiger partial charge in [0.25, 0.3) is 5.69 Å². The van der Waals surface area contributed by atoms with Crippen LogP contribution in [-0.2, 0) is 4.74 Å². The third-order valence-corrected chi connectivity index (χ3v) is 4.51. The lowest BCUT2D eigenvalue weighted by atomic mass is 9.95. The molecule has 3 rings (SSSR count). The molecule has 0 unspecified atom stereocenters. The van der Waals surface area contributed by atoms with Crippen molar-refractivity contribution in [2.45, 2.75) is 6.92 Å². The maximum Gasteiger partial charge on any atom is 0.338 e. The molecule has 30 heavy (non-hydrogen) atoms. The maximum atomic E-state index is 12.6. The minimum absolute atomic E-state index is 0.0911. The first-order valence-electron chi connectivity index (χ1n) is 9.40. The highest BCUT2D eigenvalue weighted by molar-refractivity contribution is 5.99. The van der Waals surface area contributed by atoms with E-state index in [1.165, 1.54) is 12.1 Å². The summed E-state index contributed by atoms with van der Waals surface area (Å²) in [7, 11) is 1.58. The van der Waals surface area contributed by atoms with E-state index in [1.54, 1.807) is 50.5 Å². The zero-order valence-corrected chi connectivity index (χ0v) is 16.7. The van der Waals surface area contributed by atoms with Crippen molar-refractivity contribution in [3.8, 4) is 16.9 Å². The molecule has 0 aromatic heterocycles. The first-order chi connectivity index (χ1) is 14.5. The van der Waals surface area contributed by atoms with Gasteiger partial charge in [0.05, 0.1) is 29.8 Å². The Morgan fingerprint density at radius 2 is 1.73 bits per heavy atom. The molecule has 0 aliphatic rings. The summed E-state index contributed by atoms with van der Waals surface area (Å²) in [4.78, 5) is 23.9. The van der Waals surface area contributed by atoms with Gasteiger partial charge in [-0.2, -0.15) is 0 Å². The quantitative estimate of drug-likeness (QED) is 0.221. The number of esters is 1. The normalized spacial score (nSPS) is 10.7. The van der Waals surface area contributed by atoms with Crippen LogP contribution in [0.1, 0.15) is 28.4 Å². The second kappa shape index (κ2) is 9.52. The summed E-state index contributed by atoms with van der Waals surface area (Å²) in [6, 6.07) is 19.3. The van der Waals surface area contributed by atoms with Crippen molar-refractivity contribution < 1.29 is 19.2 Å². The lowest BCUT2D eigenvalue weighted by Gasteiger charge is -2.11. The van der Waals surface area contributed by atoms with E-state index in [0.717, 1.165) is 11.3 Å². The van der Waals surface area contributed by atoms with Crippen LogP contribution >= 0.6 is 0 Å². The number of rotatable bonds is 7. The molecule has 0 spiro atoms. The molecule has 0 aliphatic carbocycles. The van der Waals surface area contributed by atoms with Gasteiger partial charge in [-0.15, -0.1) is 0 Å². The smallest absolute Gasteiger partial charge is 0.338 e. The standard InChI is InChI=1S/C24H21NO5/c1-3-30-24(26)22-15-19(12-9-17-10-13-20(29-2)14-11-17)23(25(27)28)16-21(22)18-7-5-4-6-8-18/h4-16H,3H2,1-2H3/b12-9+. The summed E-state index contributed by atoms with van der Waals surface area (Å²) in [5.74, 6) is 0.195. The van der Waals surface area contributed by atoms with Gasteiger partial charge >= 0.3 is 5.97 Å². The van der Waals surface area contributed by atoms with Crippen LogP contribution in [-0.4, -0.2) is 24.6 Å². The first kappa shape index (κ1) is 20.8. The lowest BCUT2D eigenvalue weighted by molar-refractivity contribution is -0.385. The van der Waals surface area contributed by atoms with Crippen molar-refractivity contribution in [2.75, 3.05) is 13.7 Å². The van der Waals surface area contributed by atoms with Gasteiger partial charge in [-0.05, 0) is 42.3 Å².